The first-order valence-electron chi connectivity index (χ1n) is 5.92. The molecule has 2 unspecified atom stereocenters. The predicted molar refractivity (Wildman–Crippen MR) is 65.9 cm³/mol. The van der Waals surface area contributed by atoms with Gasteiger partial charge in [-0.2, -0.15) is 9.59 Å². The van der Waals surface area contributed by atoms with Crippen LogP contribution >= 0.6 is 0 Å². The Bertz CT molecular complexity index is 507. The van der Waals surface area contributed by atoms with Gasteiger partial charge in [0.15, 0.2) is 6.04 Å². The quantitative estimate of drug-likeness (QED) is 0.576. The van der Waals surface area contributed by atoms with Crippen molar-refractivity contribution >= 4 is 18.1 Å². The van der Waals surface area contributed by atoms with E-state index in [0.29, 0.717) is 12.1 Å². The molecule has 0 aromatic carbocycles. The van der Waals surface area contributed by atoms with Crippen molar-refractivity contribution in [3.05, 3.63) is 11.9 Å². The van der Waals surface area contributed by atoms with E-state index in [1.54, 1.807) is 6.92 Å². The molecule has 10 heteroatoms. The summed E-state index contributed by atoms with van der Waals surface area (Å²) in [5.41, 5.74) is 6.19. The van der Waals surface area contributed by atoms with Gasteiger partial charge in [-0.1, -0.05) is 5.21 Å². The minimum atomic E-state index is -1.13. The number of aromatic nitrogens is 3. The van der Waals surface area contributed by atoms with Crippen LogP contribution in [0.3, 0.4) is 0 Å². The van der Waals surface area contributed by atoms with Gasteiger partial charge in [-0.3, -0.25) is 4.79 Å². The van der Waals surface area contributed by atoms with E-state index < -0.39 is 18.0 Å². The lowest BCUT2D eigenvalue weighted by molar-refractivity contribution is -0.191. The maximum absolute atomic E-state index is 11.0. The van der Waals surface area contributed by atoms with Gasteiger partial charge in [-0.25, -0.2) is 9.48 Å². The van der Waals surface area contributed by atoms with Crippen molar-refractivity contribution in [2.45, 2.75) is 38.3 Å². The van der Waals surface area contributed by atoms with E-state index in [9.17, 15) is 9.59 Å². The van der Waals surface area contributed by atoms with Crippen LogP contribution in [0.5, 0.6) is 0 Å². The van der Waals surface area contributed by atoms with Crippen LogP contribution in [0.4, 0.5) is 0 Å². The van der Waals surface area contributed by atoms with Crippen LogP contribution in [0.15, 0.2) is 6.20 Å². The van der Waals surface area contributed by atoms with E-state index in [0.717, 1.165) is 0 Å². The van der Waals surface area contributed by atoms with Crippen molar-refractivity contribution in [1.29, 1.82) is 0 Å². The molecule has 0 bridgehead atoms. The summed E-state index contributed by atoms with van der Waals surface area (Å²) in [7, 11) is 0. The molecule has 0 aliphatic rings. The summed E-state index contributed by atoms with van der Waals surface area (Å²) in [5, 5.41) is 25.1. The lowest BCUT2D eigenvalue weighted by Crippen LogP contribution is -2.21. The second-order valence-electron chi connectivity index (χ2n) is 4.24. The number of nitrogens with zero attached hydrogens (tertiary/aromatic N) is 3. The third kappa shape index (κ3) is 7.55. The van der Waals surface area contributed by atoms with Crippen molar-refractivity contribution in [3.63, 3.8) is 0 Å². The van der Waals surface area contributed by atoms with Gasteiger partial charge in [0.05, 0.1) is 5.69 Å². The predicted octanol–water partition coefficient (Wildman–Crippen LogP) is -0.925. The number of hydrogen-bond donors (Lipinski definition) is 3. The first-order valence-corrected chi connectivity index (χ1v) is 5.92. The minimum absolute atomic E-state index is 0.0361. The highest BCUT2D eigenvalue weighted by Crippen LogP contribution is 2.13. The summed E-state index contributed by atoms with van der Waals surface area (Å²) in [6.45, 7) is 1.80. The summed E-state index contributed by atoms with van der Waals surface area (Å²) < 4.78 is 1.17. The molecule has 0 saturated heterocycles. The average molecular weight is 300 g/mol. The van der Waals surface area contributed by atoms with Gasteiger partial charge in [0, 0.05) is 25.1 Å². The van der Waals surface area contributed by atoms with E-state index in [4.69, 9.17) is 25.5 Å². The lowest BCUT2D eigenvalue weighted by atomic mass is 10.1. The zero-order chi connectivity index (χ0) is 16.4. The highest BCUT2D eigenvalue weighted by atomic mass is 16.4. The highest BCUT2D eigenvalue weighted by Gasteiger charge is 2.22. The zero-order valence-electron chi connectivity index (χ0n) is 11.3. The Balaban J connectivity index is 0.00000122. The van der Waals surface area contributed by atoms with Crippen LogP contribution in [-0.4, -0.2) is 49.3 Å². The fourth-order valence-corrected chi connectivity index (χ4v) is 1.52. The number of carbonyl (C=O) groups is 2. The van der Waals surface area contributed by atoms with Crippen LogP contribution in [0, 0.1) is 0 Å². The minimum Gasteiger partial charge on any atom is -0.481 e. The Kier molecular flexibility index (Phi) is 8.20. The molecule has 0 spiro atoms. The fraction of sp³-hybridized carbons (Fsp3) is 0.545. The van der Waals surface area contributed by atoms with Crippen LogP contribution in [-0.2, 0) is 25.6 Å². The highest BCUT2D eigenvalue weighted by molar-refractivity contribution is 5.73. The van der Waals surface area contributed by atoms with E-state index in [1.807, 2.05) is 0 Å². The summed E-state index contributed by atoms with van der Waals surface area (Å²) in [6, 6.07) is -1.12. The topological polar surface area (TPSA) is 165 Å². The van der Waals surface area contributed by atoms with Crippen molar-refractivity contribution < 1.29 is 29.4 Å². The smallest absolute Gasteiger partial charge is 0.373 e. The zero-order valence-corrected chi connectivity index (χ0v) is 11.3. The molecule has 2 atom stereocenters. The molecule has 10 nitrogen and oxygen atoms in total. The molecule has 4 N–H and O–H groups in total. The molecule has 0 saturated carbocycles. The molecule has 0 amide bonds. The molecule has 1 rings (SSSR count). The van der Waals surface area contributed by atoms with E-state index in [1.165, 1.54) is 10.9 Å². The lowest BCUT2D eigenvalue weighted by Gasteiger charge is -2.10. The van der Waals surface area contributed by atoms with Crippen LogP contribution in [0.25, 0.3) is 0 Å². The Morgan fingerprint density at radius 1 is 1.43 bits per heavy atom. The average Bonchev–Trinajstić information content (AvgIpc) is 2.76. The number of rotatable bonds is 7. The molecule has 0 fully saturated rings. The Labute approximate surface area is 119 Å². The molecule has 21 heavy (non-hydrogen) atoms. The van der Waals surface area contributed by atoms with Gasteiger partial charge < -0.3 is 15.9 Å². The number of carboxylic acid groups (broad SMARTS) is 2. The second-order valence-corrected chi connectivity index (χ2v) is 4.24. The maximum Gasteiger partial charge on any atom is 0.373 e. The Morgan fingerprint density at radius 2 is 2.00 bits per heavy atom. The summed E-state index contributed by atoms with van der Waals surface area (Å²) >= 11 is 0. The van der Waals surface area contributed by atoms with Crippen molar-refractivity contribution in [2.75, 3.05) is 0 Å². The summed E-state index contributed by atoms with van der Waals surface area (Å²) in [5.74, 6) is -2.18. The van der Waals surface area contributed by atoms with Gasteiger partial charge in [-0.15, -0.1) is 5.10 Å². The SMILES string of the molecule is CC(N)Cc1cn(C(CCC(=O)O)C(=O)O)nn1.O=C=O. The molecule has 0 radical (unpaired) electrons. The molecular formula is C11H16N4O6. The van der Waals surface area contributed by atoms with Crippen LogP contribution in [0.2, 0.25) is 0 Å². The molecular weight excluding hydrogens is 284 g/mol. The van der Waals surface area contributed by atoms with Gasteiger partial charge in [-0.05, 0) is 13.3 Å². The maximum atomic E-state index is 11.0. The third-order valence-electron chi connectivity index (χ3n) is 2.32. The summed E-state index contributed by atoms with van der Waals surface area (Å²) in [6.07, 6.45) is 1.96. The number of carboxylic acids is 2. The third-order valence-corrected chi connectivity index (χ3v) is 2.32. The van der Waals surface area contributed by atoms with Crippen molar-refractivity contribution in [1.82, 2.24) is 15.0 Å². The normalized spacial score (nSPS) is 12.5. The van der Waals surface area contributed by atoms with Gasteiger partial charge in [0.25, 0.3) is 0 Å². The van der Waals surface area contributed by atoms with Crippen molar-refractivity contribution in [2.24, 2.45) is 5.73 Å². The molecule has 0 aliphatic carbocycles. The molecule has 1 aromatic rings. The fourth-order valence-electron chi connectivity index (χ4n) is 1.52. The molecule has 0 aliphatic heterocycles. The summed E-state index contributed by atoms with van der Waals surface area (Å²) in [4.78, 5) is 37.7. The van der Waals surface area contributed by atoms with E-state index >= 15 is 0 Å². The van der Waals surface area contributed by atoms with E-state index in [2.05, 4.69) is 10.3 Å². The van der Waals surface area contributed by atoms with Gasteiger partial charge in [0.2, 0.25) is 0 Å². The Hall–Kier alpha value is -2.58. The first-order chi connectivity index (χ1) is 9.81. The number of nitrogens with two attached hydrogens (primary N) is 1. The van der Waals surface area contributed by atoms with Crippen LogP contribution in [0.1, 0.15) is 31.5 Å². The standard InChI is InChI=1S/C10H16N4O4.CO2/c1-6(11)4-7-5-14(13-12-7)8(10(17)18)2-3-9(15)16;2-1-3/h5-6,8H,2-4,11H2,1H3,(H,15,16)(H,17,18);. The van der Waals surface area contributed by atoms with Gasteiger partial charge in [0.1, 0.15) is 0 Å². The van der Waals surface area contributed by atoms with Gasteiger partial charge >= 0.3 is 18.1 Å². The first kappa shape index (κ1) is 18.4. The van der Waals surface area contributed by atoms with Crippen molar-refractivity contribution in [3.8, 4) is 0 Å². The Morgan fingerprint density at radius 3 is 2.43 bits per heavy atom. The largest absolute Gasteiger partial charge is 0.481 e. The van der Waals surface area contributed by atoms with Crippen LogP contribution < -0.4 is 5.73 Å². The van der Waals surface area contributed by atoms with E-state index in [-0.39, 0.29) is 25.0 Å². The number of aliphatic carboxylic acids is 2. The number of carbonyl (C=O) groups excluding carboxylic acids is 2. The molecule has 116 valence electrons. The molecule has 1 aromatic heterocycles. The number of hydrogen-bond acceptors (Lipinski definition) is 7. The second kappa shape index (κ2) is 9.34. The monoisotopic (exact) mass is 300 g/mol. The molecule has 1 heterocycles.